The Morgan fingerprint density at radius 3 is 2.89 bits per heavy atom. The average Bonchev–Trinajstić information content (AvgIpc) is 2.88. The largest absolute Gasteiger partial charge is 0.393 e. The molecular weight excluding hydrogens is 260 g/mol. The van der Waals surface area contributed by atoms with Crippen LogP contribution < -0.4 is 5.32 Å². The first-order valence-electron chi connectivity index (χ1n) is 6.54. The van der Waals surface area contributed by atoms with E-state index in [0.29, 0.717) is 5.56 Å². The molecular formula is C14H16N2O2S. The molecule has 4 nitrogen and oxygen atoms in total. The molecule has 0 spiro atoms. The molecule has 3 rings (SSSR count). The highest BCUT2D eigenvalue weighted by atomic mass is 32.1. The van der Waals surface area contributed by atoms with Gasteiger partial charge < -0.3 is 10.4 Å². The SMILES string of the molecule is O=C(NC1CCC(O)CC1)c1ccc2ncsc2c1. The van der Waals surface area contributed by atoms with E-state index in [1.807, 2.05) is 18.2 Å². The third kappa shape index (κ3) is 2.77. The molecule has 1 heterocycles. The number of fused-ring (bicyclic) bond motifs is 1. The number of benzene rings is 1. The van der Waals surface area contributed by atoms with Gasteiger partial charge in [-0.2, -0.15) is 0 Å². The summed E-state index contributed by atoms with van der Waals surface area (Å²) in [5.74, 6) is -0.0308. The van der Waals surface area contributed by atoms with E-state index in [4.69, 9.17) is 0 Å². The zero-order chi connectivity index (χ0) is 13.2. The maximum atomic E-state index is 12.2. The van der Waals surface area contributed by atoms with Gasteiger partial charge in [0.25, 0.3) is 5.91 Å². The van der Waals surface area contributed by atoms with Crippen molar-refractivity contribution in [2.75, 3.05) is 0 Å². The fourth-order valence-corrected chi connectivity index (χ4v) is 3.20. The molecule has 1 aliphatic carbocycles. The molecule has 1 aromatic carbocycles. The van der Waals surface area contributed by atoms with Gasteiger partial charge in [-0.15, -0.1) is 11.3 Å². The highest BCUT2D eigenvalue weighted by molar-refractivity contribution is 7.16. The van der Waals surface area contributed by atoms with E-state index in [-0.39, 0.29) is 18.1 Å². The second-order valence-corrected chi connectivity index (χ2v) is 5.90. The summed E-state index contributed by atoms with van der Waals surface area (Å²) in [6, 6.07) is 5.77. The van der Waals surface area contributed by atoms with Gasteiger partial charge in [0, 0.05) is 11.6 Å². The number of nitrogens with one attached hydrogen (secondary N) is 1. The van der Waals surface area contributed by atoms with Crippen LogP contribution in [0.5, 0.6) is 0 Å². The number of hydrogen-bond donors (Lipinski definition) is 2. The van der Waals surface area contributed by atoms with Crippen LogP contribution in [0.25, 0.3) is 10.2 Å². The molecule has 1 aromatic heterocycles. The third-order valence-electron chi connectivity index (χ3n) is 3.63. The number of thiazole rings is 1. The Kier molecular flexibility index (Phi) is 3.48. The summed E-state index contributed by atoms with van der Waals surface area (Å²) in [7, 11) is 0. The Morgan fingerprint density at radius 1 is 1.32 bits per heavy atom. The molecule has 0 radical (unpaired) electrons. The minimum atomic E-state index is -0.193. The van der Waals surface area contributed by atoms with Crippen LogP contribution >= 0.6 is 11.3 Å². The van der Waals surface area contributed by atoms with Crippen LogP contribution in [0, 0.1) is 0 Å². The number of amides is 1. The number of aromatic nitrogens is 1. The standard InChI is InChI=1S/C14H16N2O2S/c17-11-4-2-10(3-5-11)16-14(18)9-1-6-12-13(7-9)19-8-15-12/h1,6-8,10-11,17H,2-5H2,(H,16,18). The highest BCUT2D eigenvalue weighted by Crippen LogP contribution is 2.21. The van der Waals surface area contributed by atoms with Crippen molar-refractivity contribution in [1.29, 1.82) is 0 Å². The van der Waals surface area contributed by atoms with Crippen molar-refractivity contribution in [2.45, 2.75) is 37.8 Å². The van der Waals surface area contributed by atoms with E-state index in [2.05, 4.69) is 10.3 Å². The van der Waals surface area contributed by atoms with Crippen molar-refractivity contribution in [3.8, 4) is 0 Å². The second kappa shape index (κ2) is 5.27. The summed E-state index contributed by atoms with van der Waals surface area (Å²) in [6.07, 6.45) is 3.07. The molecule has 0 atom stereocenters. The monoisotopic (exact) mass is 276 g/mol. The minimum Gasteiger partial charge on any atom is -0.393 e. The van der Waals surface area contributed by atoms with Crippen molar-refractivity contribution >= 4 is 27.5 Å². The second-order valence-electron chi connectivity index (χ2n) is 5.01. The van der Waals surface area contributed by atoms with Gasteiger partial charge in [0.2, 0.25) is 0 Å². The van der Waals surface area contributed by atoms with Crippen molar-refractivity contribution in [1.82, 2.24) is 10.3 Å². The quantitative estimate of drug-likeness (QED) is 0.885. The molecule has 19 heavy (non-hydrogen) atoms. The van der Waals surface area contributed by atoms with Crippen LogP contribution in [0.1, 0.15) is 36.0 Å². The van der Waals surface area contributed by atoms with Crippen LogP contribution in [-0.4, -0.2) is 28.1 Å². The smallest absolute Gasteiger partial charge is 0.251 e. The van der Waals surface area contributed by atoms with Crippen molar-refractivity contribution in [3.05, 3.63) is 29.3 Å². The van der Waals surface area contributed by atoms with E-state index < -0.39 is 0 Å². The van der Waals surface area contributed by atoms with Crippen LogP contribution in [0.2, 0.25) is 0 Å². The predicted octanol–water partition coefficient (Wildman–Crippen LogP) is 2.33. The van der Waals surface area contributed by atoms with Crippen molar-refractivity contribution in [2.24, 2.45) is 0 Å². The van der Waals surface area contributed by atoms with Gasteiger partial charge in [-0.3, -0.25) is 4.79 Å². The van der Waals surface area contributed by atoms with E-state index >= 15 is 0 Å². The zero-order valence-corrected chi connectivity index (χ0v) is 11.3. The summed E-state index contributed by atoms with van der Waals surface area (Å²) >= 11 is 1.54. The third-order valence-corrected chi connectivity index (χ3v) is 4.42. The molecule has 0 saturated heterocycles. The summed E-state index contributed by atoms with van der Waals surface area (Å²) in [5.41, 5.74) is 3.40. The van der Waals surface area contributed by atoms with Gasteiger partial charge in [-0.1, -0.05) is 0 Å². The van der Waals surface area contributed by atoms with Crippen LogP contribution in [-0.2, 0) is 0 Å². The fraction of sp³-hybridized carbons (Fsp3) is 0.429. The molecule has 100 valence electrons. The Hall–Kier alpha value is -1.46. The lowest BCUT2D eigenvalue weighted by Gasteiger charge is -2.26. The maximum absolute atomic E-state index is 12.2. The Morgan fingerprint density at radius 2 is 2.11 bits per heavy atom. The normalized spacial score (nSPS) is 23.4. The van der Waals surface area contributed by atoms with E-state index in [1.54, 1.807) is 16.8 Å². The summed E-state index contributed by atoms with van der Waals surface area (Å²) in [5, 5.41) is 12.5. The Labute approximate surface area is 115 Å². The molecule has 2 N–H and O–H groups in total. The van der Waals surface area contributed by atoms with Crippen molar-refractivity contribution in [3.63, 3.8) is 0 Å². The molecule has 1 saturated carbocycles. The fourth-order valence-electron chi connectivity index (χ4n) is 2.49. The van der Waals surface area contributed by atoms with Crippen molar-refractivity contribution < 1.29 is 9.90 Å². The first kappa shape index (κ1) is 12.6. The van der Waals surface area contributed by atoms with Gasteiger partial charge in [-0.05, 0) is 43.9 Å². The lowest BCUT2D eigenvalue weighted by Crippen LogP contribution is -2.38. The van der Waals surface area contributed by atoms with Gasteiger partial charge in [0.1, 0.15) is 0 Å². The summed E-state index contributed by atoms with van der Waals surface area (Å²) < 4.78 is 1.03. The average molecular weight is 276 g/mol. The number of aliphatic hydroxyl groups is 1. The van der Waals surface area contributed by atoms with Crippen LogP contribution in [0.15, 0.2) is 23.7 Å². The highest BCUT2D eigenvalue weighted by Gasteiger charge is 2.21. The van der Waals surface area contributed by atoms with Crippen LogP contribution in [0.3, 0.4) is 0 Å². The zero-order valence-electron chi connectivity index (χ0n) is 10.5. The molecule has 0 bridgehead atoms. The summed E-state index contributed by atoms with van der Waals surface area (Å²) in [6.45, 7) is 0. The molecule has 2 aromatic rings. The topological polar surface area (TPSA) is 62.2 Å². The number of carbonyl (C=O) groups excluding carboxylic acids is 1. The van der Waals surface area contributed by atoms with E-state index in [0.717, 1.165) is 35.9 Å². The molecule has 0 aliphatic heterocycles. The summed E-state index contributed by atoms with van der Waals surface area (Å²) in [4.78, 5) is 16.4. The van der Waals surface area contributed by atoms with Crippen LogP contribution in [0.4, 0.5) is 0 Å². The molecule has 1 amide bonds. The van der Waals surface area contributed by atoms with Gasteiger partial charge >= 0.3 is 0 Å². The Balaban J connectivity index is 1.69. The number of carbonyl (C=O) groups is 1. The minimum absolute atomic E-state index is 0.0308. The van der Waals surface area contributed by atoms with Gasteiger partial charge in [-0.25, -0.2) is 4.98 Å². The number of hydrogen-bond acceptors (Lipinski definition) is 4. The van der Waals surface area contributed by atoms with Gasteiger partial charge in [0.15, 0.2) is 0 Å². The number of aliphatic hydroxyl groups excluding tert-OH is 1. The molecule has 1 aliphatic rings. The predicted molar refractivity (Wildman–Crippen MR) is 75.3 cm³/mol. The molecule has 0 unspecified atom stereocenters. The lowest BCUT2D eigenvalue weighted by atomic mass is 9.93. The molecule has 1 fully saturated rings. The van der Waals surface area contributed by atoms with Gasteiger partial charge in [0.05, 0.1) is 21.8 Å². The first-order chi connectivity index (χ1) is 9.22. The van der Waals surface area contributed by atoms with E-state index in [1.165, 1.54) is 0 Å². The van der Waals surface area contributed by atoms with E-state index in [9.17, 15) is 9.90 Å². The maximum Gasteiger partial charge on any atom is 0.251 e. The first-order valence-corrected chi connectivity index (χ1v) is 7.42. The molecule has 5 heteroatoms. The Bertz CT molecular complexity index is 588. The number of nitrogens with zero attached hydrogens (tertiary/aromatic N) is 1. The lowest BCUT2D eigenvalue weighted by molar-refractivity contribution is 0.0868. The number of rotatable bonds is 2.